The topological polar surface area (TPSA) is 88.7 Å². The second kappa shape index (κ2) is 8.99. The summed E-state index contributed by atoms with van der Waals surface area (Å²) in [5, 5.41) is 14.8. The zero-order valence-electron chi connectivity index (χ0n) is 22.0. The summed E-state index contributed by atoms with van der Waals surface area (Å²) in [5.74, 6) is 0.437. The number of carboxylic acid groups (broad SMARTS) is 1. The molecule has 9 heteroatoms. The van der Waals surface area contributed by atoms with E-state index in [2.05, 4.69) is 9.88 Å². The van der Waals surface area contributed by atoms with E-state index in [1.165, 1.54) is 80.0 Å². The van der Waals surface area contributed by atoms with Gasteiger partial charge in [0.05, 0.1) is 28.7 Å². The van der Waals surface area contributed by atoms with Gasteiger partial charge < -0.3 is 19.3 Å². The molecule has 2 aliphatic heterocycles. The highest BCUT2D eigenvalue weighted by molar-refractivity contribution is 7.22. The van der Waals surface area contributed by atoms with E-state index in [0.717, 1.165) is 42.6 Å². The Hall–Kier alpha value is -2.52. The molecule has 39 heavy (non-hydrogen) atoms. The van der Waals surface area contributed by atoms with Crippen LogP contribution in [0.1, 0.15) is 116 Å². The van der Waals surface area contributed by atoms with Crippen molar-refractivity contribution in [1.82, 2.24) is 10.1 Å². The van der Waals surface area contributed by atoms with Gasteiger partial charge in [0.15, 0.2) is 10.9 Å². The molecule has 5 fully saturated rings. The Morgan fingerprint density at radius 2 is 1.92 bits per heavy atom. The van der Waals surface area contributed by atoms with Gasteiger partial charge >= 0.3 is 5.97 Å². The van der Waals surface area contributed by atoms with Crippen molar-refractivity contribution in [3.63, 3.8) is 0 Å². The average molecular weight is 552 g/mol. The van der Waals surface area contributed by atoms with Crippen molar-refractivity contribution in [2.75, 3.05) is 4.90 Å². The number of nitrogens with zero attached hydrogens (tertiary/aromatic N) is 3. The van der Waals surface area contributed by atoms with Gasteiger partial charge in [0, 0.05) is 29.5 Å². The number of ether oxygens (including phenoxy) is 1. The van der Waals surface area contributed by atoms with Crippen LogP contribution >= 0.6 is 11.3 Å². The van der Waals surface area contributed by atoms with Crippen LogP contribution in [0.4, 0.5) is 9.52 Å². The van der Waals surface area contributed by atoms with E-state index in [-0.39, 0.29) is 17.2 Å². The summed E-state index contributed by atoms with van der Waals surface area (Å²) in [6.45, 7) is 0.589. The maximum atomic E-state index is 14.6. The summed E-state index contributed by atoms with van der Waals surface area (Å²) in [4.78, 5) is 18.4. The molecule has 0 radical (unpaired) electrons. The third-order valence-corrected chi connectivity index (χ3v) is 11.3. The summed E-state index contributed by atoms with van der Waals surface area (Å²) in [6, 6.07) is 3.20. The second-order valence-electron chi connectivity index (χ2n) is 12.6. The predicted molar refractivity (Wildman–Crippen MR) is 145 cm³/mol. The molecule has 7 nitrogen and oxygen atoms in total. The third kappa shape index (κ3) is 4.10. The van der Waals surface area contributed by atoms with Crippen LogP contribution in [-0.4, -0.2) is 39.4 Å². The minimum atomic E-state index is -1.12. The zero-order chi connectivity index (χ0) is 26.3. The maximum absolute atomic E-state index is 14.6. The fourth-order valence-electron chi connectivity index (χ4n) is 7.90. The van der Waals surface area contributed by atoms with E-state index in [1.807, 2.05) is 0 Å². The first kappa shape index (κ1) is 24.3. The standard InChI is InChI=1S/C30H34FN3O4S/c31-23-11-17(28(35)36)12-24-26(23)32-29(39-24)34-18-6-7-19(34)14-20(13-18)37-15-21-25(33-38-27(21)16-4-5-16)22-3-1-2-8-30(22)9-10-30/h11-12,16,18-20,22H,1-10,13-15H2,(H,35,36)/t18-,19+,20-,22?. The van der Waals surface area contributed by atoms with E-state index in [1.54, 1.807) is 0 Å². The number of aromatic nitrogens is 2. The smallest absolute Gasteiger partial charge is 0.335 e. The van der Waals surface area contributed by atoms with Crippen molar-refractivity contribution in [1.29, 1.82) is 0 Å². The quantitative estimate of drug-likeness (QED) is 0.333. The molecule has 4 atom stereocenters. The lowest BCUT2D eigenvalue weighted by Gasteiger charge is -2.38. The number of rotatable bonds is 7. The van der Waals surface area contributed by atoms with E-state index >= 15 is 0 Å². The van der Waals surface area contributed by atoms with E-state index < -0.39 is 11.8 Å². The van der Waals surface area contributed by atoms with Crippen molar-refractivity contribution in [3.05, 3.63) is 40.5 Å². The first-order valence-electron chi connectivity index (χ1n) is 14.7. The lowest BCUT2D eigenvalue weighted by molar-refractivity contribution is 0.0139. The Bertz CT molecular complexity index is 1430. The molecule has 1 unspecified atom stereocenters. The van der Waals surface area contributed by atoms with E-state index in [9.17, 15) is 14.3 Å². The molecule has 3 saturated carbocycles. The number of carbonyl (C=O) groups is 1. The molecule has 4 heterocycles. The van der Waals surface area contributed by atoms with Gasteiger partial charge in [0.2, 0.25) is 0 Å². The molecule has 1 spiro atoms. The summed E-state index contributed by atoms with van der Waals surface area (Å²) in [7, 11) is 0. The molecular formula is C30H34FN3O4S. The van der Waals surface area contributed by atoms with Gasteiger partial charge in [-0.05, 0) is 81.8 Å². The fourth-order valence-corrected chi connectivity index (χ4v) is 9.06. The lowest BCUT2D eigenvalue weighted by Crippen LogP contribution is -2.45. The SMILES string of the molecule is O=C(O)c1cc(F)c2nc(N3[C@@H]4CC[C@H]3C[C@H](OCc3c(C5CCCCC56CC6)noc3C3CC3)C4)sc2c1. The number of anilines is 1. The fraction of sp³-hybridized carbons (Fsp3) is 0.633. The van der Waals surface area contributed by atoms with Crippen molar-refractivity contribution in [2.24, 2.45) is 5.41 Å². The van der Waals surface area contributed by atoms with Crippen molar-refractivity contribution in [2.45, 2.75) is 114 Å². The number of halogens is 1. The number of thiazole rings is 1. The Morgan fingerprint density at radius 1 is 1.13 bits per heavy atom. The number of aromatic carboxylic acids is 1. The molecular weight excluding hydrogens is 517 g/mol. The monoisotopic (exact) mass is 551 g/mol. The largest absolute Gasteiger partial charge is 0.478 e. The summed E-state index contributed by atoms with van der Waals surface area (Å²) in [6.07, 6.45) is 14.4. The van der Waals surface area contributed by atoms with Gasteiger partial charge in [-0.2, -0.15) is 0 Å². The molecule has 8 rings (SSSR count). The second-order valence-corrected chi connectivity index (χ2v) is 13.7. The van der Waals surface area contributed by atoms with Crippen molar-refractivity contribution in [3.8, 4) is 0 Å². The molecule has 2 saturated heterocycles. The molecule has 2 aromatic heterocycles. The number of hydrogen-bond donors (Lipinski definition) is 1. The summed E-state index contributed by atoms with van der Waals surface area (Å²) >= 11 is 1.40. The number of benzene rings is 1. The first-order chi connectivity index (χ1) is 19.0. The molecule has 2 bridgehead atoms. The molecule has 1 aromatic carbocycles. The van der Waals surface area contributed by atoms with Crippen LogP contribution in [0.25, 0.3) is 10.2 Å². The van der Waals surface area contributed by atoms with Crippen LogP contribution in [0.2, 0.25) is 0 Å². The average Bonchev–Trinajstić information content (AvgIpc) is 3.80. The van der Waals surface area contributed by atoms with Gasteiger partial charge in [-0.3, -0.25) is 0 Å². The van der Waals surface area contributed by atoms with Gasteiger partial charge in [-0.15, -0.1) is 0 Å². The predicted octanol–water partition coefficient (Wildman–Crippen LogP) is 7.15. The molecule has 0 amide bonds. The molecule has 3 aromatic rings. The molecule has 206 valence electrons. The van der Waals surface area contributed by atoms with Gasteiger partial charge in [-0.25, -0.2) is 14.2 Å². The van der Waals surface area contributed by atoms with Gasteiger partial charge in [0.25, 0.3) is 0 Å². The van der Waals surface area contributed by atoms with Crippen molar-refractivity contribution < 1.29 is 23.6 Å². The summed E-state index contributed by atoms with van der Waals surface area (Å²) < 4.78 is 27.9. The summed E-state index contributed by atoms with van der Waals surface area (Å²) in [5.41, 5.74) is 3.15. The van der Waals surface area contributed by atoms with Crippen LogP contribution in [0.3, 0.4) is 0 Å². The Kier molecular flexibility index (Phi) is 5.60. The Morgan fingerprint density at radius 3 is 2.64 bits per heavy atom. The van der Waals surface area contributed by atoms with Crippen LogP contribution in [-0.2, 0) is 11.3 Å². The lowest BCUT2D eigenvalue weighted by atomic mass is 9.73. The number of fused-ring (bicyclic) bond motifs is 3. The first-order valence-corrected chi connectivity index (χ1v) is 15.5. The van der Waals surface area contributed by atoms with Gasteiger partial charge in [-0.1, -0.05) is 29.3 Å². The van der Waals surface area contributed by atoms with Crippen LogP contribution in [0.15, 0.2) is 16.7 Å². The highest BCUT2D eigenvalue weighted by Crippen LogP contribution is 2.63. The minimum Gasteiger partial charge on any atom is -0.478 e. The highest BCUT2D eigenvalue weighted by Gasteiger charge is 2.53. The molecule has 1 N–H and O–H groups in total. The minimum absolute atomic E-state index is 0.0372. The third-order valence-electron chi connectivity index (χ3n) is 10.2. The van der Waals surface area contributed by atoms with Crippen LogP contribution in [0.5, 0.6) is 0 Å². The normalized spacial score (nSPS) is 29.4. The number of hydrogen-bond acceptors (Lipinski definition) is 7. The van der Waals surface area contributed by atoms with Crippen molar-refractivity contribution >= 4 is 32.7 Å². The Labute approximate surface area is 230 Å². The van der Waals surface area contributed by atoms with Crippen LogP contribution in [0, 0.1) is 11.2 Å². The number of carboxylic acids is 1. The number of piperidine rings is 1. The van der Waals surface area contributed by atoms with E-state index in [4.69, 9.17) is 14.4 Å². The van der Waals surface area contributed by atoms with Crippen LogP contribution < -0.4 is 4.90 Å². The highest BCUT2D eigenvalue weighted by atomic mass is 32.1. The molecule has 3 aliphatic carbocycles. The maximum Gasteiger partial charge on any atom is 0.335 e. The molecule has 5 aliphatic rings. The van der Waals surface area contributed by atoms with E-state index in [0.29, 0.717) is 40.6 Å². The van der Waals surface area contributed by atoms with Gasteiger partial charge in [0.1, 0.15) is 11.3 Å². The zero-order valence-corrected chi connectivity index (χ0v) is 22.9. The Balaban J connectivity index is 1.00.